The van der Waals surface area contributed by atoms with Crippen LogP contribution in [0.2, 0.25) is 25.7 Å². The SMILES string of the molecule is Cc1ccc(S(=O)(=O)N2C[C@H]3CO[C@](C[Si](C)(C)C)(C2)O3)cc1. The number of fused-ring (bicyclic) bond motifs is 2. The number of hydrogen-bond donors (Lipinski definition) is 0. The van der Waals surface area contributed by atoms with Gasteiger partial charge in [0.15, 0.2) is 5.79 Å². The fourth-order valence-electron chi connectivity index (χ4n) is 3.35. The number of rotatable bonds is 4. The largest absolute Gasteiger partial charge is 0.346 e. The van der Waals surface area contributed by atoms with Crippen LogP contribution in [0.1, 0.15) is 5.56 Å². The Labute approximate surface area is 139 Å². The maximum absolute atomic E-state index is 13.0. The molecule has 0 radical (unpaired) electrons. The first-order valence-electron chi connectivity index (χ1n) is 7.98. The molecule has 1 aromatic carbocycles. The van der Waals surface area contributed by atoms with E-state index in [4.69, 9.17) is 9.47 Å². The molecule has 128 valence electrons. The molecule has 1 aromatic rings. The zero-order chi connectivity index (χ0) is 16.9. The maximum Gasteiger partial charge on any atom is 0.243 e. The fourth-order valence-corrected chi connectivity index (χ4v) is 6.77. The zero-order valence-corrected chi connectivity index (χ0v) is 16.0. The molecule has 23 heavy (non-hydrogen) atoms. The smallest absolute Gasteiger partial charge is 0.243 e. The van der Waals surface area contributed by atoms with Crippen molar-refractivity contribution in [3.8, 4) is 0 Å². The van der Waals surface area contributed by atoms with Crippen molar-refractivity contribution in [2.75, 3.05) is 19.7 Å². The van der Waals surface area contributed by atoms with Gasteiger partial charge in [-0.2, -0.15) is 4.31 Å². The van der Waals surface area contributed by atoms with Gasteiger partial charge in [0.1, 0.15) is 0 Å². The van der Waals surface area contributed by atoms with E-state index >= 15 is 0 Å². The number of nitrogens with zero attached hydrogens (tertiary/aromatic N) is 1. The molecular weight excluding hydrogens is 330 g/mol. The van der Waals surface area contributed by atoms with Gasteiger partial charge in [-0.3, -0.25) is 0 Å². The first kappa shape index (κ1) is 17.1. The van der Waals surface area contributed by atoms with Crippen LogP contribution in [0.15, 0.2) is 29.2 Å². The van der Waals surface area contributed by atoms with E-state index in [0.717, 1.165) is 11.6 Å². The molecule has 0 amide bonds. The van der Waals surface area contributed by atoms with Crippen molar-refractivity contribution < 1.29 is 17.9 Å². The van der Waals surface area contributed by atoms with Crippen molar-refractivity contribution in [3.63, 3.8) is 0 Å². The van der Waals surface area contributed by atoms with Crippen molar-refractivity contribution in [1.82, 2.24) is 4.31 Å². The number of aryl methyl sites for hydroxylation is 1. The summed E-state index contributed by atoms with van der Waals surface area (Å²) in [7, 11) is -4.97. The standard InChI is InChI=1S/C16H25NO4SSi/c1-13-5-7-15(8-6-13)22(18,19)17-9-14-10-20-16(11-17,21-14)12-23(2,3)4/h5-8,14H,9-12H2,1-4H3/t14-,16+/m0/s1. The summed E-state index contributed by atoms with van der Waals surface area (Å²) in [5.74, 6) is -0.759. The first-order valence-corrected chi connectivity index (χ1v) is 13.1. The van der Waals surface area contributed by atoms with E-state index in [1.807, 2.05) is 19.1 Å². The molecule has 3 rings (SSSR count). The highest BCUT2D eigenvalue weighted by molar-refractivity contribution is 7.89. The predicted octanol–water partition coefficient (Wildman–Crippen LogP) is 2.45. The average molecular weight is 356 g/mol. The Bertz CT molecular complexity index is 683. The molecule has 5 nitrogen and oxygen atoms in total. The molecule has 0 spiro atoms. The van der Waals surface area contributed by atoms with Crippen LogP contribution in [0.5, 0.6) is 0 Å². The van der Waals surface area contributed by atoms with Crippen LogP contribution in [0.3, 0.4) is 0 Å². The third-order valence-corrected chi connectivity index (χ3v) is 7.62. The Morgan fingerprint density at radius 1 is 1.26 bits per heavy atom. The molecule has 0 aliphatic carbocycles. The Morgan fingerprint density at radius 3 is 2.52 bits per heavy atom. The molecule has 2 fully saturated rings. The highest BCUT2D eigenvalue weighted by atomic mass is 32.2. The zero-order valence-electron chi connectivity index (χ0n) is 14.2. The van der Waals surface area contributed by atoms with Crippen LogP contribution in [0.25, 0.3) is 0 Å². The van der Waals surface area contributed by atoms with Gasteiger partial charge in [0.2, 0.25) is 10.0 Å². The summed E-state index contributed by atoms with van der Waals surface area (Å²) in [6.07, 6.45) is -0.166. The van der Waals surface area contributed by atoms with Crippen LogP contribution >= 0.6 is 0 Å². The summed E-state index contributed by atoms with van der Waals surface area (Å²) < 4.78 is 39.4. The minimum Gasteiger partial charge on any atom is -0.346 e. The van der Waals surface area contributed by atoms with Gasteiger partial charge in [0.25, 0.3) is 0 Å². The molecule has 2 heterocycles. The van der Waals surface area contributed by atoms with Crippen LogP contribution in [0.4, 0.5) is 0 Å². The fraction of sp³-hybridized carbons (Fsp3) is 0.625. The predicted molar refractivity (Wildman–Crippen MR) is 91.6 cm³/mol. The van der Waals surface area contributed by atoms with Crippen molar-refractivity contribution in [1.29, 1.82) is 0 Å². The van der Waals surface area contributed by atoms with Crippen molar-refractivity contribution in [2.24, 2.45) is 0 Å². The highest BCUT2D eigenvalue weighted by Crippen LogP contribution is 2.38. The summed E-state index contributed by atoms with van der Waals surface area (Å²) >= 11 is 0. The van der Waals surface area contributed by atoms with Gasteiger partial charge in [-0.05, 0) is 25.1 Å². The molecule has 0 N–H and O–H groups in total. The molecule has 2 atom stereocenters. The number of sulfonamides is 1. The molecular formula is C16H25NO4SSi. The lowest BCUT2D eigenvalue weighted by Crippen LogP contribution is -2.55. The number of hydrogen-bond acceptors (Lipinski definition) is 4. The first-order chi connectivity index (χ1) is 10.6. The second-order valence-electron chi connectivity index (χ2n) is 7.81. The van der Waals surface area contributed by atoms with Gasteiger partial charge >= 0.3 is 0 Å². The second kappa shape index (κ2) is 5.67. The van der Waals surface area contributed by atoms with Gasteiger partial charge in [-0.25, -0.2) is 8.42 Å². The summed E-state index contributed by atoms with van der Waals surface area (Å²) in [6.45, 7) is 9.81. The van der Waals surface area contributed by atoms with E-state index in [1.165, 1.54) is 0 Å². The van der Waals surface area contributed by atoms with Crippen LogP contribution in [-0.4, -0.2) is 52.4 Å². The molecule has 0 saturated carbocycles. The number of benzene rings is 1. The van der Waals surface area contributed by atoms with E-state index in [2.05, 4.69) is 19.6 Å². The average Bonchev–Trinajstić information content (AvgIpc) is 2.71. The minimum atomic E-state index is -3.51. The van der Waals surface area contributed by atoms with Crippen LogP contribution < -0.4 is 0 Å². The molecule has 0 aromatic heterocycles. The Hall–Kier alpha value is -0.733. The van der Waals surface area contributed by atoms with Crippen molar-refractivity contribution >= 4 is 18.1 Å². The van der Waals surface area contributed by atoms with Gasteiger partial charge in [-0.15, -0.1) is 0 Å². The monoisotopic (exact) mass is 355 g/mol. The third-order valence-electron chi connectivity index (χ3n) is 4.20. The molecule has 0 unspecified atom stereocenters. The number of morpholine rings is 1. The molecule has 7 heteroatoms. The maximum atomic E-state index is 13.0. The Morgan fingerprint density at radius 2 is 1.91 bits per heavy atom. The van der Waals surface area contributed by atoms with Gasteiger partial charge in [0, 0.05) is 6.54 Å². The van der Waals surface area contributed by atoms with E-state index in [-0.39, 0.29) is 12.6 Å². The van der Waals surface area contributed by atoms with Gasteiger partial charge < -0.3 is 9.47 Å². The molecule has 2 bridgehead atoms. The second-order valence-corrected chi connectivity index (χ2v) is 15.2. The van der Waals surface area contributed by atoms with Crippen LogP contribution in [0, 0.1) is 6.92 Å². The summed E-state index contributed by atoms with van der Waals surface area (Å²) in [4.78, 5) is 0.340. The van der Waals surface area contributed by atoms with Crippen molar-refractivity contribution in [3.05, 3.63) is 29.8 Å². The highest BCUT2D eigenvalue weighted by Gasteiger charge is 2.52. The van der Waals surface area contributed by atoms with E-state index in [0.29, 0.717) is 18.0 Å². The third kappa shape index (κ3) is 3.53. The van der Waals surface area contributed by atoms with E-state index in [9.17, 15) is 8.42 Å². The number of ether oxygens (including phenoxy) is 2. The van der Waals surface area contributed by atoms with Gasteiger partial charge in [0.05, 0.1) is 32.2 Å². The van der Waals surface area contributed by atoms with Crippen LogP contribution in [-0.2, 0) is 19.5 Å². The summed E-state index contributed by atoms with van der Waals surface area (Å²) in [5, 5.41) is 0. The molecule has 2 aliphatic heterocycles. The minimum absolute atomic E-state index is 0.166. The quantitative estimate of drug-likeness (QED) is 0.779. The summed E-state index contributed by atoms with van der Waals surface area (Å²) in [6, 6.07) is 7.81. The Kier molecular flexibility index (Phi) is 4.21. The normalized spacial score (nSPS) is 29.0. The lowest BCUT2D eigenvalue weighted by Gasteiger charge is -2.40. The Balaban J connectivity index is 1.87. The lowest BCUT2D eigenvalue weighted by atomic mass is 10.2. The van der Waals surface area contributed by atoms with Crippen molar-refractivity contribution in [2.45, 2.75) is 49.4 Å². The lowest BCUT2D eigenvalue weighted by molar-refractivity contribution is -0.179. The van der Waals surface area contributed by atoms with E-state index in [1.54, 1.807) is 16.4 Å². The summed E-state index contributed by atoms with van der Waals surface area (Å²) in [5.41, 5.74) is 1.05. The molecule has 2 saturated heterocycles. The topological polar surface area (TPSA) is 55.8 Å². The van der Waals surface area contributed by atoms with E-state index < -0.39 is 23.9 Å². The molecule has 2 aliphatic rings. The van der Waals surface area contributed by atoms with Gasteiger partial charge in [-0.1, -0.05) is 37.3 Å².